The molecule has 7 nitrogen and oxygen atoms in total. The summed E-state index contributed by atoms with van der Waals surface area (Å²) in [6.45, 7) is 1.39. The number of nitrogens with zero attached hydrogens (tertiary/aromatic N) is 1. The highest BCUT2D eigenvalue weighted by Gasteiger charge is 2.19. The topological polar surface area (TPSA) is 73.3 Å². The first-order valence-electron chi connectivity index (χ1n) is 6.28. The normalized spacial score (nSPS) is 12.5. The first-order valence-corrected chi connectivity index (χ1v) is 6.69. The Balaban J connectivity index is 1.93. The third-order valence-electron chi connectivity index (χ3n) is 2.65. The fraction of sp³-hybridized carbons (Fsp3) is 0.385. The Bertz CT molecular complexity index is 536. The Morgan fingerprint density at radius 1 is 1.43 bits per heavy atom. The van der Waals surface area contributed by atoms with Gasteiger partial charge >= 0.3 is 0 Å². The molecule has 0 amide bonds. The molecular weight excluding hydrogens is 294 g/mol. The van der Waals surface area contributed by atoms with Crippen molar-refractivity contribution in [1.29, 1.82) is 0 Å². The number of methoxy groups -OCH3 is 2. The Labute approximate surface area is 128 Å². The number of rotatable bonds is 6. The molecule has 0 aliphatic carbocycles. The van der Waals surface area contributed by atoms with Gasteiger partial charge in [-0.2, -0.15) is 5.10 Å². The lowest BCUT2D eigenvalue weighted by molar-refractivity contribution is 0.171. The Morgan fingerprint density at radius 3 is 3.05 bits per heavy atom. The molecule has 1 aromatic carbocycles. The van der Waals surface area contributed by atoms with Crippen molar-refractivity contribution < 1.29 is 18.9 Å². The van der Waals surface area contributed by atoms with Gasteiger partial charge < -0.3 is 24.3 Å². The second kappa shape index (κ2) is 7.65. The number of benzene rings is 1. The van der Waals surface area contributed by atoms with Crippen LogP contribution in [0.5, 0.6) is 17.2 Å². The number of hydrogen-bond acceptors (Lipinski definition) is 6. The van der Waals surface area contributed by atoms with E-state index < -0.39 is 0 Å². The molecule has 0 bridgehead atoms. The molecular formula is C13H17N3O4S. The second-order valence-corrected chi connectivity index (χ2v) is 4.48. The summed E-state index contributed by atoms with van der Waals surface area (Å²) in [5.41, 5.74) is 3.53. The Kier molecular flexibility index (Phi) is 5.59. The van der Waals surface area contributed by atoms with Crippen LogP contribution in [-0.2, 0) is 4.74 Å². The Hall–Kier alpha value is -2.06. The molecule has 0 unspecified atom stereocenters. The van der Waals surface area contributed by atoms with E-state index in [0.717, 1.165) is 5.56 Å². The quantitative estimate of drug-likeness (QED) is 0.349. The van der Waals surface area contributed by atoms with Crippen molar-refractivity contribution in [3.63, 3.8) is 0 Å². The lowest BCUT2D eigenvalue weighted by atomic mass is 10.2. The number of thiocarbonyl (C=S) groups is 1. The predicted molar refractivity (Wildman–Crippen MR) is 82.3 cm³/mol. The van der Waals surface area contributed by atoms with Gasteiger partial charge in [-0.3, -0.25) is 5.43 Å². The molecule has 8 heteroatoms. The third-order valence-corrected chi connectivity index (χ3v) is 2.89. The van der Waals surface area contributed by atoms with Gasteiger partial charge in [0.05, 0.1) is 19.9 Å². The van der Waals surface area contributed by atoms with E-state index in [-0.39, 0.29) is 6.79 Å². The van der Waals surface area contributed by atoms with Crippen molar-refractivity contribution in [3.8, 4) is 17.2 Å². The van der Waals surface area contributed by atoms with Gasteiger partial charge in [-0.05, 0) is 24.4 Å². The largest absolute Gasteiger partial charge is 0.493 e. The minimum atomic E-state index is 0.193. The number of fused-ring (bicyclic) bond motifs is 1. The molecule has 0 spiro atoms. The highest BCUT2D eigenvalue weighted by Crippen LogP contribution is 2.41. The summed E-state index contributed by atoms with van der Waals surface area (Å²) in [5.74, 6) is 1.85. The SMILES string of the molecule is COCCNC(=S)N/N=C\c1cc(OC)c2c(c1)OCO2. The van der Waals surface area contributed by atoms with Crippen LogP contribution in [-0.4, -0.2) is 45.5 Å². The number of hydrogen-bond donors (Lipinski definition) is 2. The van der Waals surface area contributed by atoms with E-state index in [2.05, 4.69) is 15.8 Å². The van der Waals surface area contributed by atoms with Crippen LogP contribution >= 0.6 is 12.2 Å². The zero-order chi connectivity index (χ0) is 15.1. The van der Waals surface area contributed by atoms with E-state index in [1.54, 1.807) is 26.5 Å². The van der Waals surface area contributed by atoms with Crippen molar-refractivity contribution in [3.05, 3.63) is 17.7 Å². The smallest absolute Gasteiger partial charge is 0.231 e. The third kappa shape index (κ3) is 4.20. The van der Waals surface area contributed by atoms with E-state index >= 15 is 0 Å². The van der Waals surface area contributed by atoms with E-state index in [4.69, 9.17) is 31.2 Å². The van der Waals surface area contributed by atoms with Crippen molar-refractivity contribution in [2.75, 3.05) is 34.2 Å². The van der Waals surface area contributed by atoms with Crippen molar-refractivity contribution >= 4 is 23.5 Å². The molecule has 1 aromatic rings. The maximum Gasteiger partial charge on any atom is 0.231 e. The van der Waals surface area contributed by atoms with Gasteiger partial charge in [0.15, 0.2) is 16.6 Å². The fourth-order valence-electron chi connectivity index (χ4n) is 1.70. The molecule has 21 heavy (non-hydrogen) atoms. The molecule has 0 saturated heterocycles. The first-order chi connectivity index (χ1) is 10.2. The minimum Gasteiger partial charge on any atom is -0.493 e. The maximum absolute atomic E-state index is 5.34. The molecule has 0 atom stereocenters. The van der Waals surface area contributed by atoms with Gasteiger partial charge in [-0.25, -0.2) is 0 Å². The highest BCUT2D eigenvalue weighted by atomic mass is 32.1. The fourth-order valence-corrected chi connectivity index (χ4v) is 1.85. The maximum atomic E-state index is 5.34. The summed E-state index contributed by atoms with van der Waals surface area (Å²) in [4.78, 5) is 0. The summed E-state index contributed by atoms with van der Waals surface area (Å²) in [5, 5.41) is 7.42. The molecule has 0 aromatic heterocycles. The molecule has 114 valence electrons. The molecule has 1 heterocycles. The van der Waals surface area contributed by atoms with E-state index in [0.29, 0.717) is 35.5 Å². The van der Waals surface area contributed by atoms with Crippen LogP contribution in [0.1, 0.15) is 5.56 Å². The Morgan fingerprint density at radius 2 is 2.29 bits per heavy atom. The van der Waals surface area contributed by atoms with Crippen LogP contribution < -0.4 is 25.0 Å². The summed E-state index contributed by atoms with van der Waals surface area (Å²) in [6.07, 6.45) is 1.62. The van der Waals surface area contributed by atoms with Gasteiger partial charge in [0, 0.05) is 19.2 Å². The summed E-state index contributed by atoms with van der Waals surface area (Å²) in [6, 6.07) is 3.62. The molecule has 2 rings (SSSR count). The van der Waals surface area contributed by atoms with Crippen LogP contribution in [0.25, 0.3) is 0 Å². The molecule has 2 N–H and O–H groups in total. The number of nitrogens with one attached hydrogen (secondary N) is 2. The van der Waals surface area contributed by atoms with Crippen LogP contribution in [0.3, 0.4) is 0 Å². The predicted octanol–water partition coefficient (Wildman–Crippen LogP) is 0.868. The lowest BCUT2D eigenvalue weighted by Crippen LogP contribution is -2.34. The second-order valence-electron chi connectivity index (χ2n) is 4.08. The van der Waals surface area contributed by atoms with Crippen LogP contribution in [0.2, 0.25) is 0 Å². The summed E-state index contributed by atoms with van der Waals surface area (Å²) < 4.78 is 20.8. The monoisotopic (exact) mass is 311 g/mol. The van der Waals surface area contributed by atoms with Crippen molar-refractivity contribution in [1.82, 2.24) is 10.7 Å². The van der Waals surface area contributed by atoms with Crippen molar-refractivity contribution in [2.24, 2.45) is 5.10 Å². The zero-order valence-corrected chi connectivity index (χ0v) is 12.7. The molecule has 0 fully saturated rings. The van der Waals surface area contributed by atoms with Gasteiger partial charge in [0.2, 0.25) is 12.5 Å². The van der Waals surface area contributed by atoms with Gasteiger partial charge in [0.1, 0.15) is 0 Å². The first kappa shape index (κ1) is 15.3. The van der Waals surface area contributed by atoms with E-state index in [9.17, 15) is 0 Å². The average molecular weight is 311 g/mol. The van der Waals surface area contributed by atoms with Crippen molar-refractivity contribution in [2.45, 2.75) is 0 Å². The summed E-state index contributed by atoms with van der Waals surface area (Å²) >= 11 is 5.05. The number of ether oxygens (including phenoxy) is 4. The van der Waals surface area contributed by atoms with Gasteiger partial charge in [-0.1, -0.05) is 0 Å². The molecule has 0 radical (unpaired) electrons. The highest BCUT2D eigenvalue weighted by molar-refractivity contribution is 7.80. The lowest BCUT2D eigenvalue weighted by Gasteiger charge is -2.07. The molecule has 1 aliphatic heterocycles. The zero-order valence-electron chi connectivity index (χ0n) is 11.8. The molecule has 0 saturated carbocycles. The molecule has 1 aliphatic rings. The standard InChI is InChI=1S/C13H17N3O4S/c1-17-4-3-14-13(21)16-15-7-9-5-10(18-2)12-11(6-9)19-8-20-12/h5-7H,3-4,8H2,1-2H3,(H2,14,16,21)/b15-7-. The number of hydrazone groups is 1. The van der Waals surface area contributed by atoms with Crippen LogP contribution in [0.4, 0.5) is 0 Å². The van der Waals surface area contributed by atoms with Crippen LogP contribution in [0.15, 0.2) is 17.2 Å². The van der Waals surface area contributed by atoms with Gasteiger partial charge in [-0.15, -0.1) is 0 Å². The van der Waals surface area contributed by atoms with E-state index in [1.807, 2.05) is 6.07 Å². The van der Waals surface area contributed by atoms with Gasteiger partial charge in [0.25, 0.3) is 0 Å². The van der Waals surface area contributed by atoms with Crippen LogP contribution in [0, 0.1) is 0 Å². The minimum absolute atomic E-state index is 0.193. The average Bonchev–Trinajstić information content (AvgIpc) is 2.95. The summed E-state index contributed by atoms with van der Waals surface area (Å²) in [7, 11) is 3.20. The van der Waals surface area contributed by atoms with E-state index in [1.165, 1.54) is 0 Å².